The van der Waals surface area contributed by atoms with E-state index in [1.807, 2.05) is 36.6 Å². The molecule has 0 bridgehead atoms. The number of carbonyl (C=O) groups excluding carboxylic acids is 1. The Bertz CT molecular complexity index is 308. The van der Waals surface area contributed by atoms with Crippen LogP contribution in [0.25, 0.3) is 0 Å². The summed E-state index contributed by atoms with van der Waals surface area (Å²) in [6, 6.07) is 9.47. The van der Waals surface area contributed by atoms with Crippen molar-refractivity contribution < 1.29 is 9.53 Å². The summed E-state index contributed by atoms with van der Waals surface area (Å²) in [5.74, 6) is 0.747. The van der Waals surface area contributed by atoms with Gasteiger partial charge < -0.3 is 4.74 Å². The number of ether oxygens (including phenoxy) is 1. The number of para-hydroxylation sites is 1. The lowest BCUT2D eigenvalue weighted by Gasteiger charge is -2.12. The largest absolute Gasteiger partial charge is 0.482 e. The number of hydrogen-bond acceptors (Lipinski definition) is 2. The third kappa shape index (κ3) is 6.43. The fourth-order valence-electron chi connectivity index (χ4n) is 1.92. The fourth-order valence-corrected chi connectivity index (χ4v) is 1.92. The highest BCUT2D eigenvalue weighted by Gasteiger charge is 2.09. The molecule has 18 heavy (non-hydrogen) atoms. The molecule has 0 N–H and O–H groups in total. The standard InChI is InChI=1S/C16H23O2/c1-2-3-4-5-6-8-13-16(14-17)18-15-11-9-7-10-12-15/h7,9-12,16H,2-6,8,13H2,1H3. The molecule has 0 aliphatic heterocycles. The van der Waals surface area contributed by atoms with Crippen LogP contribution in [0, 0.1) is 0 Å². The van der Waals surface area contributed by atoms with Gasteiger partial charge in [-0.3, -0.25) is 4.79 Å². The molecule has 2 heteroatoms. The monoisotopic (exact) mass is 247 g/mol. The van der Waals surface area contributed by atoms with E-state index in [1.54, 1.807) is 0 Å². The maximum atomic E-state index is 10.8. The molecule has 0 fully saturated rings. The molecular formula is C16H23O2. The van der Waals surface area contributed by atoms with Gasteiger partial charge in [0.25, 0.3) is 0 Å². The van der Waals surface area contributed by atoms with Gasteiger partial charge in [-0.05, 0) is 25.0 Å². The summed E-state index contributed by atoms with van der Waals surface area (Å²) < 4.78 is 5.57. The van der Waals surface area contributed by atoms with Crippen LogP contribution in [-0.2, 0) is 4.79 Å². The molecule has 0 saturated carbocycles. The van der Waals surface area contributed by atoms with Crippen molar-refractivity contribution in [3.8, 4) is 5.75 Å². The van der Waals surface area contributed by atoms with E-state index in [2.05, 4.69) is 6.92 Å². The molecule has 2 nitrogen and oxygen atoms in total. The smallest absolute Gasteiger partial charge is 0.242 e. The first-order valence-electron chi connectivity index (χ1n) is 6.96. The van der Waals surface area contributed by atoms with Crippen LogP contribution in [0.3, 0.4) is 0 Å². The highest BCUT2D eigenvalue weighted by molar-refractivity contribution is 5.57. The molecule has 0 aliphatic carbocycles. The highest BCUT2D eigenvalue weighted by Crippen LogP contribution is 2.14. The van der Waals surface area contributed by atoms with Gasteiger partial charge in [0, 0.05) is 0 Å². The molecule has 1 aromatic carbocycles. The van der Waals surface area contributed by atoms with E-state index in [-0.39, 0.29) is 0 Å². The van der Waals surface area contributed by atoms with Gasteiger partial charge in [0.1, 0.15) is 5.75 Å². The first kappa shape index (κ1) is 14.7. The Morgan fingerprint density at radius 1 is 1.06 bits per heavy atom. The molecule has 1 radical (unpaired) electrons. The maximum Gasteiger partial charge on any atom is 0.242 e. The minimum atomic E-state index is -0.418. The van der Waals surface area contributed by atoms with Gasteiger partial charge >= 0.3 is 0 Å². The molecule has 1 atom stereocenters. The van der Waals surface area contributed by atoms with E-state index in [1.165, 1.54) is 32.1 Å². The predicted molar refractivity (Wildman–Crippen MR) is 74.5 cm³/mol. The lowest BCUT2D eigenvalue weighted by atomic mass is 10.1. The van der Waals surface area contributed by atoms with Gasteiger partial charge in [-0.25, -0.2) is 0 Å². The molecule has 0 amide bonds. The van der Waals surface area contributed by atoms with Gasteiger partial charge in [-0.1, -0.05) is 57.2 Å². The molecule has 0 saturated heterocycles. The molecule has 99 valence electrons. The Balaban J connectivity index is 2.16. The van der Waals surface area contributed by atoms with Crippen molar-refractivity contribution in [3.05, 3.63) is 30.3 Å². The summed E-state index contributed by atoms with van der Waals surface area (Å²) in [7, 11) is 0. The zero-order valence-corrected chi connectivity index (χ0v) is 11.2. The lowest BCUT2D eigenvalue weighted by molar-refractivity contribution is 0.243. The Hall–Kier alpha value is -1.31. The Labute approximate surface area is 110 Å². The van der Waals surface area contributed by atoms with Crippen LogP contribution in [0.2, 0.25) is 0 Å². The average molecular weight is 247 g/mol. The second-order valence-corrected chi connectivity index (χ2v) is 4.59. The molecule has 1 rings (SSSR count). The van der Waals surface area contributed by atoms with Gasteiger partial charge in [0.15, 0.2) is 6.10 Å². The van der Waals surface area contributed by atoms with E-state index in [0.29, 0.717) is 0 Å². The van der Waals surface area contributed by atoms with E-state index in [9.17, 15) is 4.79 Å². The summed E-state index contributed by atoms with van der Waals surface area (Å²) >= 11 is 0. The first-order valence-corrected chi connectivity index (χ1v) is 6.96. The normalized spacial score (nSPS) is 12.1. The third-order valence-electron chi connectivity index (χ3n) is 2.97. The number of benzene rings is 1. The Morgan fingerprint density at radius 3 is 2.39 bits per heavy atom. The number of rotatable bonds is 10. The molecule has 0 heterocycles. The minimum absolute atomic E-state index is 0.418. The zero-order chi connectivity index (χ0) is 13.1. The van der Waals surface area contributed by atoms with Gasteiger partial charge in [0.2, 0.25) is 6.29 Å². The van der Waals surface area contributed by atoms with Crippen molar-refractivity contribution in [2.75, 3.05) is 0 Å². The predicted octanol–water partition coefficient (Wildman–Crippen LogP) is 4.29. The van der Waals surface area contributed by atoms with Crippen molar-refractivity contribution in [2.45, 2.75) is 58.0 Å². The molecule has 1 unspecified atom stereocenters. The van der Waals surface area contributed by atoms with Crippen molar-refractivity contribution in [2.24, 2.45) is 0 Å². The van der Waals surface area contributed by atoms with Gasteiger partial charge in [-0.15, -0.1) is 0 Å². The summed E-state index contributed by atoms with van der Waals surface area (Å²) in [5.41, 5.74) is 0. The summed E-state index contributed by atoms with van der Waals surface area (Å²) in [5, 5.41) is 0. The van der Waals surface area contributed by atoms with Crippen molar-refractivity contribution >= 4 is 6.29 Å². The molecule has 0 aromatic heterocycles. The molecule has 0 spiro atoms. The van der Waals surface area contributed by atoms with Crippen LogP contribution >= 0.6 is 0 Å². The van der Waals surface area contributed by atoms with Gasteiger partial charge in [0.05, 0.1) is 0 Å². The van der Waals surface area contributed by atoms with Crippen molar-refractivity contribution in [1.82, 2.24) is 0 Å². The van der Waals surface area contributed by atoms with Crippen LogP contribution in [0.1, 0.15) is 51.9 Å². The van der Waals surface area contributed by atoms with Crippen LogP contribution < -0.4 is 4.74 Å². The zero-order valence-electron chi connectivity index (χ0n) is 11.2. The SMILES string of the molecule is CCCCCCCCC([C]=O)Oc1ccccc1. The summed E-state index contributed by atoms with van der Waals surface area (Å²) in [6.07, 6.45) is 9.67. The molecular weight excluding hydrogens is 224 g/mol. The summed E-state index contributed by atoms with van der Waals surface area (Å²) in [6.45, 7) is 2.21. The van der Waals surface area contributed by atoms with Crippen molar-refractivity contribution in [3.63, 3.8) is 0 Å². The second kappa shape index (κ2) is 9.69. The fraction of sp³-hybridized carbons (Fsp3) is 0.562. The van der Waals surface area contributed by atoms with Crippen LogP contribution in [-0.4, -0.2) is 12.4 Å². The topological polar surface area (TPSA) is 26.3 Å². The minimum Gasteiger partial charge on any atom is -0.482 e. The van der Waals surface area contributed by atoms with E-state index < -0.39 is 6.10 Å². The Kier molecular flexibility index (Phi) is 7.94. The van der Waals surface area contributed by atoms with E-state index in [0.717, 1.165) is 18.6 Å². The quantitative estimate of drug-likeness (QED) is 0.576. The van der Waals surface area contributed by atoms with E-state index >= 15 is 0 Å². The van der Waals surface area contributed by atoms with Crippen LogP contribution in [0.15, 0.2) is 30.3 Å². The molecule has 0 aliphatic rings. The van der Waals surface area contributed by atoms with Crippen molar-refractivity contribution in [1.29, 1.82) is 0 Å². The number of unbranched alkanes of at least 4 members (excludes halogenated alkanes) is 5. The second-order valence-electron chi connectivity index (χ2n) is 4.59. The van der Waals surface area contributed by atoms with E-state index in [4.69, 9.17) is 4.74 Å². The van der Waals surface area contributed by atoms with Crippen LogP contribution in [0.5, 0.6) is 5.75 Å². The number of hydrogen-bond donors (Lipinski definition) is 0. The summed E-state index contributed by atoms with van der Waals surface area (Å²) in [4.78, 5) is 10.8. The first-order chi connectivity index (χ1) is 8.86. The highest BCUT2D eigenvalue weighted by atomic mass is 16.5. The molecule has 1 aromatic rings. The maximum absolute atomic E-state index is 10.8. The van der Waals surface area contributed by atoms with Gasteiger partial charge in [-0.2, -0.15) is 0 Å². The Morgan fingerprint density at radius 2 is 1.72 bits per heavy atom. The van der Waals surface area contributed by atoms with Crippen LogP contribution in [0.4, 0.5) is 0 Å². The lowest BCUT2D eigenvalue weighted by Crippen LogP contribution is -2.17. The third-order valence-corrected chi connectivity index (χ3v) is 2.97. The average Bonchev–Trinajstić information content (AvgIpc) is 2.42.